The molecule has 0 radical (unpaired) electrons. The van der Waals surface area contributed by atoms with Gasteiger partial charge in [-0.3, -0.25) is 0 Å². The Kier molecular flexibility index (Phi) is 4.81. The fourth-order valence-electron chi connectivity index (χ4n) is 3.29. The van der Waals surface area contributed by atoms with Crippen LogP contribution in [0.4, 0.5) is 0 Å². The van der Waals surface area contributed by atoms with Crippen LogP contribution in [0, 0.1) is 11.3 Å². The van der Waals surface area contributed by atoms with Crippen molar-refractivity contribution in [2.45, 2.75) is 11.4 Å². The Morgan fingerprint density at radius 3 is 1.77 bits per heavy atom. The summed E-state index contributed by atoms with van der Waals surface area (Å²) in [6.07, 6.45) is 1.20. The van der Waals surface area contributed by atoms with Gasteiger partial charge in [0.1, 0.15) is 8.07 Å². The molecule has 0 atom stereocenters. The Labute approximate surface area is 155 Å². The van der Waals surface area contributed by atoms with Gasteiger partial charge in [0, 0.05) is 6.26 Å². The second-order valence-corrected chi connectivity index (χ2v) is 12.4. The Morgan fingerprint density at radius 2 is 1.35 bits per heavy atom. The molecule has 26 heavy (non-hydrogen) atoms. The summed E-state index contributed by atoms with van der Waals surface area (Å²) in [4.78, 5) is 0.247. The second-order valence-electron chi connectivity index (χ2n) is 6.45. The zero-order chi connectivity index (χ0) is 18.8. The van der Waals surface area contributed by atoms with Gasteiger partial charge in [0.2, 0.25) is 0 Å². The topological polar surface area (TPSA) is 57.9 Å². The first-order valence-corrected chi connectivity index (χ1v) is 12.6. The molecule has 130 valence electrons. The highest BCUT2D eigenvalue weighted by Gasteiger charge is 2.36. The average Bonchev–Trinajstić information content (AvgIpc) is 2.67. The number of nitrogens with zero attached hydrogens (tertiary/aromatic N) is 1. The van der Waals surface area contributed by atoms with Crippen molar-refractivity contribution in [3.63, 3.8) is 0 Å². The summed E-state index contributed by atoms with van der Waals surface area (Å²) in [6.45, 7) is 2.17. The van der Waals surface area contributed by atoms with E-state index < -0.39 is 17.9 Å². The number of hydrogen-bond donors (Lipinski definition) is 0. The molecular weight excluding hydrogens is 358 g/mol. The minimum atomic E-state index is -3.36. The SMILES string of the molecule is C[Si](c1ccccc1)(c1ccccc1)c1cc(S(C)(=O)=O)ccc1C#N. The molecular formula is C21H19NO2SSi. The van der Waals surface area contributed by atoms with Crippen LogP contribution in [0.25, 0.3) is 0 Å². The number of benzene rings is 3. The largest absolute Gasteiger partial charge is 0.224 e. The van der Waals surface area contributed by atoms with Crippen molar-refractivity contribution in [2.75, 3.05) is 6.26 Å². The lowest BCUT2D eigenvalue weighted by atomic mass is 10.2. The standard InChI is InChI=1S/C21H19NO2SSi/c1-25(23,24)18-14-13-17(16-22)21(15-18)26(2,19-9-5-3-6-10-19)20-11-7-4-8-12-20/h3-15H,1-2H3. The molecule has 3 rings (SSSR count). The van der Waals surface area contributed by atoms with E-state index in [1.807, 2.05) is 36.4 Å². The van der Waals surface area contributed by atoms with E-state index in [0.29, 0.717) is 5.56 Å². The maximum Gasteiger partial charge on any atom is 0.175 e. The van der Waals surface area contributed by atoms with E-state index >= 15 is 0 Å². The average molecular weight is 378 g/mol. The highest BCUT2D eigenvalue weighted by atomic mass is 32.2. The van der Waals surface area contributed by atoms with Crippen LogP contribution in [0.15, 0.2) is 83.8 Å². The molecule has 3 nitrogen and oxygen atoms in total. The first-order chi connectivity index (χ1) is 12.4. The van der Waals surface area contributed by atoms with Crippen molar-refractivity contribution in [3.8, 4) is 6.07 Å². The van der Waals surface area contributed by atoms with Crippen LogP contribution >= 0.6 is 0 Å². The zero-order valence-electron chi connectivity index (χ0n) is 14.7. The van der Waals surface area contributed by atoms with Crippen molar-refractivity contribution in [2.24, 2.45) is 0 Å². The maximum atomic E-state index is 12.1. The second kappa shape index (κ2) is 6.91. The van der Waals surface area contributed by atoms with E-state index in [2.05, 4.69) is 36.9 Å². The molecule has 0 unspecified atom stereocenters. The Morgan fingerprint density at radius 1 is 0.846 bits per heavy atom. The molecule has 0 fully saturated rings. The highest BCUT2D eigenvalue weighted by molar-refractivity contribution is 7.90. The third kappa shape index (κ3) is 3.21. The summed E-state index contributed by atoms with van der Waals surface area (Å²) in [5, 5.41) is 12.8. The highest BCUT2D eigenvalue weighted by Crippen LogP contribution is 2.15. The van der Waals surface area contributed by atoms with Gasteiger partial charge in [-0.25, -0.2) is 8.42 Å². The minimum Gasteiger partial charge on any atom is -0.224 e. The lowest BCUT2D eigenvalue weighted by Gasteiger charge is -2.30. The molecule has 0 bridgehead atoms. The van der Waals surface area contributed by atoms with Gasteiger partial charge in [-0.1, -0.05) is 67.2 Å². The van der Waals surface area contributed by atoms with Crippen LogP contribution in [-0.4, -0.2) is 22.7 Å². The van der Waals surface area contributed by atoms with E-state index in [-0.39, 0.29) is 4.90 Å². The monoisotopic (exact) mass is 377 g/mol. The van der Waals surface area contributed by atoms with E-state index in [9.17, 15) is 13.7 Å². The van der Waals surface area contributed by atoms with Crippen molar-refractivity contribution < 1.29 is 8.42 Å². The van der Waals surface area contributed by atoms with Gasteiger partial charge in [-0.05, 0) is 33.8 Å². The number of sulfone groups is 1. The van der Waals surface area contributed by atoms with Crippen LogP contribution in [0.3, 0.4) is 0 Å². The van der Waals surface area contributed by atoms with Gasteiger partial charge in [-0.2, -0.15) is 5.26 Å². The number of nitriles is 1. The molecule has 0 spiro atoms. The van der Waals surface area contributed by atoms with Gasteiger partial charge < -0.3 is 0 Å². The van der Waals surface area contributed by atoms with Gasteiger partial charge in [0.15, 0.2) is 9.84 Å². The van der Waals surface area contributed by atoms with Crippen molar-refractivity contribution >= 4 is 33.5 Å². The van der Waals surface area contributed by atoms with Crippen molar-refractivity contribution in [1.29, 1.82) is 5.26 Å². The molecule has 3 aromatic carbocycles. The summed E-state index contributed by atoms with van der Waals surface area (Å²) < 4.78 is 24.2. The van der Waals surface area contributed by atoms with Gasteiger partial charge in [0.05, 0.1) is 16.5 Å². The summed E-state index contributed by atoms with van der Waals surface area (Å²) in [7, 11) is -5.90. The van der Waals surface area contributed by atoms with E-state index in [0.717, 1.165) is 15.6 Å². The summed E-state index contributed by atoms with van der Waals surface area (Å²) >= 11 is 0. The van der Waals surface area contributed by atoms with Gasteiger partial charge >= 0.3 is 0 Å². The fourth-order valence-corrected chi connectivity index (χ4v) is 7.83. The summed E-state index contributed by atoms with van der Waals surface area (Å²) in [5.41, 5.74) is 0.527. The summed E-state index contributed by atoms with van der Waals surface area (Å²) in [5.74, 6) is 0. The van der Waals surface area contributed by atoms with Crippen LogP contribution < -0.4 is 15.6 Å². The first-order valence-electron chi connectivity index (χ1n) is 8.23. The molecule has 0 saturated carbocycles. The quantitative estimate of drug-likeness (QED) is 0.517. The third-order valence-corrected chi connectivity index (χ3v) is 10.4. The van der Waals surface area contributed by atoms with Crippen LogP contribution in [0.5, 0.6) is 0 Å². The third-order valence-electron chi connectivity index (χ3n) is 4.78. The van der Waals surface area contributed by atoms with E-state index in [4.69, 9.17) is 0 Å². The smallest absolute Gasteiger partial charge is 0.175 e. The fraction of sp³-hybridized carbons (Fsp3) is 0.0952. The van der Waals surface area contributed by atoms with Crippen LogP contribution in [0.2, 0.25) is 6.55 Å². The predicted molar refractivity (Wildman–Crippen MR) is 108 cm³/mol. The Hall–Kier alpha value is -2.68. The van der Waals surface area contributed by atoms with Crippen molar-refractivity contribution in [3.05, 3.63) is 84.4 Å². The molecule has 0 aliphatic rings. The van der Waals surface area contributed by atoms with E-state index in [1.165, 1.54) is 12.3 Å². The normalized spacial score (nSPS) is 11.7. The zero-order valence-corrected chi connectivity index (χ0v) is 16.5. The summed E-state index contributed by atoms with van der Waals surface area (Å²) in [6, 6.07) is 27.2. The maximum absolute atomic E-state index is 12.1. The molecule has 0 aliphatic heterocycles. The molecule has 0 aromatic heterocycles. The molecule has 0 heterocycles. The Balaban J connectivity index is 2.39. The lowest BCUT2D eigenvalue weighted by Crippen LogP contribution is -2.65. The number of hydrogen-bond acceptors (Lipinski definition) is 3. The van der Waals surface area contributed by atoms with E-state index in [1.54, 1.807) is 12.1 Å². The van der Waals surface area contributed by atoms with Gasteiger partial charge in [-0.15, -0.1) is 0 Å². The predicted octanol–water partition coefficient (Wildman–Crippen LogP) is 2.06. The number of rotatable bonds is 4. The Bertz CT molecular complexity index is 1030. The lowest BCUT2D eigenvalue weighted by molar-refractivity contribution is 0.602. The molecule has 0 N–H and O–H groups in total. The minimum absolute atomic E-state index is 0.247. The molecule has 0 amide bonds. The molecule has 0 aliphatic carbocycles. The molecule has 5 heteroatoms. The molecule has 0 saturated heterocycles. The van der Waals surface area contributed by atoms with Crippen LogP contribution in [0.1, 0.15) is 5.56 Å². The molecule has 3 aromatic rings. The van der Waals surface area contributed by atoms with Gasteiger partial charge in [0.25, 0.3) is 0 Å². The first kappa shape index (κ1) is 18.1. The van der Waals surface area contributed by atoms with Crippen LogP contribution in [-0.2, 0) is 9.84 Å². The van der Waals surface area contributed by atoms with Crippen molar-refractivity contribution in [1.82, 2.24) is 0 Å².